The normalized spacial score (nSPS) is 30.9. The summed E-state index contributed by atoms with van der Waals surface area (Å²) in [7, 11) is 0. The lowest BCUT2D eigenvalue weighted by Gasteiger charge is -2.35. The molecule has 3 fully saturated rings. The van der Waals surface area contributed by atoms with E-state index in [-0.39, 0.29) is 30.7 Å². The van der Waals surface area contributed by atoms with Crippen LogP contribution in [0.5, 0.6) is 0 Å². The Balaban J connectivity index is 0.000000902. The number of likely N-dealkylation sites (tertiary alicyclic amines) is 1. The van der Waals surface area contributed by atoms with E-state index in [9.17, 15) is 4.79 Å². The van der Waals surface area contributed by atoms with Crippen molar-refractivity contribution in [2.24, 2.45) is 5.92 Å². The molecule has 0 aromatic carbocycles. The Morgan fingerprint density at radius 2 is 1.84 bits per heavy atom. The molecule has 3 saturated heterocycles. The van der Waals surface area contributed by atoms with E-state index in [0.29, 0.717) is 18.0 Å². The molecule has 0 saturated carbocycles. The van der Waals surface area contributed by atoms with Gasteiger partial charge in [-0.1, -0.05) is 6.92 Å². The second-order valence-electron chi connectivity index (χ2n) is 5.67. The summed E-state index contributed by atoms with van der Waals surface area (Å²) in [4.78, 5) is 17.2. The van der Waals surface area contributed by atoms with Crippen molar-refractivity contribution in [1.82, 2.24) is 15.1 Å². The van der Waals surface area contributed by atoms with Crippen LogP contribution in [0.15, 0.2) is 0 Å². The van der Waals surface area contributed by atoms with Gasteiger partial charge in [-0.15, -0.1) is 24.8 Å². The van der Waals surface area contributed by atoms with Crippen LogP contribution in [0.1, 0.15) is 26.2 Å². The van der Waals surface area contributed by atoms with E-state index in [0.717, 1.165) is 26.2 Å². The molecule has 3 heterocycles. The fourth-order valence-electron chi connectivity index (χ4n) is 3.47. The molecule has 1 amide bonds. The van der Waals surface area contributed by atoms with Crippen LogP contribution in [0.2, 0.25) is 0 Å². The van der Waals surface area contributed by atoms with Gasteiger partial charge in [-0.25, -0.2) is 0 Å². The molecule has 3 rings (SSSR count). The minimum atomic E-state index is 0. The fraction of sp³-hybridized carbons (Fsp3) is 0.923. The first-order valence-corrected chi connectivity index (χ1v) is 7.05. The molecule has 2 bridgehead atoms. The molecule has 0 aliphatic carbocycles. The number of amides is 1. The Morgan fingerprint density at radius 1 is 1.16 bits per heavy atom. The van der Waals surface area contributed by atoms with E-state index < -0.39 is 0 Å². The van der Waals surface area contributed by atoms with Crippen molar-refractivity contribution >= 4 is 30.7 Å². The maximum absolute atomic E-state index is 12.5. The molecule has 0 spiro atoms. The lowest BCUT2D eigenvalue weighted by Crippen LogP contribution is -2.55. The van der Waals surface area contributed by atoms with Crippen molar-refractivity contribution in [2.45, 2.75) is 38.3 Å². The molecule has 1 N–H and O–H groups in total. The Labute approximate surface area is 128 Å². The van der Waals surface area contributed by atoms with Crippen molar-refractivity contribution in [1.29, 1.82) is 0 Å². The lowest BCUT2D eigenvalue weighted by molar-refractivity contribution is -0.139. The molecule has 0 radical (unpaired) electrons. The van der Waals surface area contributed by atoms with Crippen LogP contribution in [-0.2, 0) is 4.79 Å². The monoisotopic (exact) mass is 309 g/mol. The van der Waals surface area contributed by atoms with E-state index in [1.165, 1.54) is 25.8 Å². The van der Waals surface area contributed by atoms with Crippen LogP contribution in [0.4, 0.5) is 0 Å². The fourth-order valence-corrected chi connectivity index (χ4v) is 3.47. The average molecular weight is 310 g/mol. The third kappa shape index (κ3) is 3.18. The highest BCUT2D eigenvalue weighted by atomic mass is 35.5. The zero-order chi connectivity index (χ0) is 11.8. The highest BCUT2D eigenvalue weighted by Crippen LogP contribution is 2.31. The number of carbonyl (C=O) groups excluding carboxylic acids is 1. The first-order valence-electron chi connectivity index (χ1n) is 7.05. The van der Waals surface area contributed by atoms with Gasteiger partial charge < -0.3 is 15.1 Å². The first-order chi connectivity index (χ1) is 8.29. The van der Waals surface area contributed by atoms with E-state index >= 15 is 0 Å². The largest absolute Gasteiger partial charge is 0.335 e. The molecule has 4 nitrogen and oxygen atoms in total. The van der Waals surface area contributed by atoms with Crippen LogP contribution >= 0.6 is 24.8 Å². The minimum Gasteiger partial charge on any atom is -0.335 e. The summed E-state index contributed by atoms with van der Waals surface area (Å²) in [6, 6.07) is 1.03. The highest BCUT2D eigenvalue weighted by Gasteiger charge is 2.42. The molecule has 0 aromatic rings. The summed E-state index contributed by atoms with van der Waals surface area (Å²) >= 11 is 0. The van der Waals surface area contributed by atoms with Gasteiger partial charge in [0.15, 0.2) is 0 Å². The van der Waals surface area contributed by atoms with Gasteiger partial charge in [0.1, 0.15) is 0 Å². The quantitative estimate of drug-likeness (QED) is 0.831. The maximum Gasteiger partial charge on any atom is 0.228 e. The summed E-state index contributed by atoms with van der Waals surface area (Å²) in [5.41, 5.74) is 0. The number of likely N-dealkylation sites (N-methyl/N-ethyl adjacent to an activating group) is 1. The second-order valence-corrected chi connectivity index (χ2v) is 5.67. The standard InChI is InChI=1S/C13H23N3O.2ClH/c1-2-15-6-5-11-3-4-12(9-15)16(11)13(17)10-7-14-8-10;;/h10-12,14H,2-9H2,1H3;2*1H. The van der Waals surface area contributed by atoms with Crippen LogP contribution in [0.3, 0.4) is 0 Å². The molecular weight excluding hydrogens is 285 g/mol. The van der Waals surface area contributed by atoms with Crippen LogP contribution < -0.4 is 5.32 Å². The number of carbonyl (C=O) groups is 1. The summed E-state index contributed by atoms with van der Waals surface area (Å²) in [5.74, 6) is 0.695. The number of halogens is 2. The molecule has 3 aliphatic rings. The van der Waals surface area contributed by atoms with Gasteiger partial charge in [0, 0.05) is 38.3 Å². The summed E-state index contributed by atoms with van der Waals surface area (Å²) in [5, 5.41) is 3.21. The van der Waals surface area contributed by atoms with Gasteiger partial charge in [0.05, 0.1) is 5.92 Å². The van der Waals surface area contributed by atoms with Crippen molar-refractivity contribution in [3.63, 3.8) is 0 Å². The van der Waals surface area contributed by atoms with Crippen molar-refractivity contribution in [3.05, 3.63) is 0 Å². The van der Waals surface area contributed by atoms with Gasteiger partial charge in [-0.05, 0) is 25.8 Å². The van der Waals surface area contributed by atoms with Crippen molar-refractivity contribution in [3.8, 4) is 0 Å². The first kappa shape index (κ1) is 17.0. The van der Waals surface area contributed by atoms with Crippen molar-refractivity contribution in [2.75, 3.05) is 32.7 Å². The summed E-state index contributed by atoms with van der Waals surface area (Å²) < 4.78 is 0. The zero-order valence-electron chi connectivity index (χ0n) is 11.5. The zero-order valence-corrected chi connectivity index (χ0v) is 13.1. The molecule has 19 heavy (non-hydrogen) atoms. The molecular formula is C13H25Cl2N3O. The number of hydrogen-bond donors (Lipinski definition) is 1. The third-order valence-electron chi connectivity index (χ3n) is 4.70. The maximum atomic E-state index is 12.5. The Hall–Kier alpha value is -0.0300. The molecule has 112 valence electrons. The SMILES string of the molecule is CCN1CCC2CCC(C1)N2C(=O)C1CNC1.Cl.Cl. The Morgan fingerprint density at radius 3 is 2.42 bits per heavy atom. The Kier molecular flexibility index (Phi) is 6.37. The van der Waals surface area contributed by atoms with Gasteiger partial charge in [0.2, 0.25) is 5.91 Å². The van der Waals surface area contributed by atoms with Gasteiger partial charge in [0.25, 0.3) is 0 Å². The molecule has 0 aromatic heterocycles. The number of fused-ring (bicyclic) bond motifs is 2. The molecule has 3 aliphatic heterocycles. The van der Waals surface area contributed by atoms with Gasteiger partial charge in [-0.3, -0.25) is 4.79 Å². The predicted molar refractivity (Wildman–Crippen MR) is 81.2 cm³/mol. The van der Waals surface area contributed by atoms with E-state index in [1.54, 1.807) is 0 Å². The topological polar surface area (TPSA) is 35.6 Å². The predicted octanol–water partition coefficient (Wildman–Crippen LogP) is 1.13. The second kappa shape index (κ2) is 7.11. The van der Waals surface area contributed by atoms with Crippen LogP contribution in [0.25, 0.3) is 0 Å². The van der Waals surface area contributed by atoms with E-state index in [4.69, 9.17) is 0 Å². The van der Waals surface area contributed by atoms with Crippen molar-refractivity contribution < 1.29 is 4.79 Å². The average Bonchev–Trinajstić information content (AvgIpc) is 2.51. The van der Waals surface area contributed by atoms with E-state index in [1.807, 2.05) is 0 Å². The summed E-state index contributed by atoms with van der Waals surface area (Å²) in [6.45, 7) is 7.40. The van der Waals surface area contributed by atoms with Gasteiger partial charge in [-0.2, -0.15) is 0 Å². The van der Waals surface area contributed by atoms with Gasteiger partial charge >= 0.3 is 0 Å². The number of rotatable bonds is 2. The highest BCUT2D eigenvalue weighted by molar-refractivity contribution is 5.85. The summed E-state index contributed by atoms with van der Waals surface area (Å²) in [6.07, 6.45) is 3.62. The van der Waals surface area contributed by atoms with Crippen LogP contribution in [-0.4, -0.2) is 60.5 Å². The van der Waals surface area contributed by atoms with E-state index in [2.05, 4.69) is 22.0 Å². The smallest absolute Gasteiger partial charge is 0.228 e. The molecule has 2 unspecified atom stereocenters. The molecule has 6 heteroatoms. The van der Waals surface area contributed by atoms with Crippen LogP contribution in [0, 0.1) is 5.92 Å². The third-order valence-corrected chi connectivity index (χ3v) is 4.70. The lowest BCUT2D eigenvalue weighted by atomic mass is 10.0. The number of nitrogens with one attached hydrogen (secondary N) is 1. The number of hydrogen-bond acceptors (Lipinski definition) is 3. The Bertz CT molecular complexity index is 312. The minimum absolute atomic E-state index is 0. The number of nitrogens with zero attached hydrogens (tertiary/aromatic N) is 2. The molecule has 2 atom stereocenters.